The maximum absolute atomic E-state index is 10.9. The molecule has 0 aliphatic carbocycles. The van der Waals surface area contributed by atoms with Crippen molar-refractivity contribution in [3.63, 3.8) is 0 Å². The highest BCUT2D eigenvalue weighted by atomic mass is 16.8. The number of ether oxygens (including phenoxy) is 2. The molecule has 0 aromatic carbocycles. The SMILES string of the molecule is CC1(C)O[C@@H]([C@H](O)[C@H](O)C(=O)O)[C@](O)(C(=O)O)O1. The van der Waals surface area contributed by atoms with Gasteiger partial charge in [0.1, 0.15) is 6.10 Å². The quantitative estimate of drug-likeness (QED) is 0.378. The number of aliphatic hydroxyl groups excluding tert-OH is 2. The van der Waals surface area contributed by atoms with Gasteiger partial charge in [-0.25, -0.2) is 9.59 Å². The smallest absolute Gasteiger partial charge is 0.367 e. The van der Waals surface area contributed by atoms with Crippen LogP contribution in [0.5, 0.6) is 0 Å². The lowest BCUT2D eigenvalue weighted by Crippen LogP contribution is -2.56. The van der Waals surface area contributed by atoms with Crippen LogP contribution in [0.1, 0.15) is 13.8 Å². The second-order valence-corrected chi connectivity index (χ2v) is 4.32. The zero-order valence-electron chi connectivity index (χ0n) is 9.60. The average Bonchev–Trinajstić information content (AvgIpc) is 2.47. The van der Waals surface area contributed by atoms with E-state index in [4.69, 9.17) is 24.8 Å². The van der Waals surface area contributed by atoms with E-state index in [2.05, 4.69) is 0 Å². The standard InChI is InChI=1S/C9H14O9/c1-8(2)17-5(3(10)4(11)6(12)13)9(16,18-8)7(14)15/h3-5,10-11,16H,1-2H3,(H,12,13)(H,14,15)/t3-,4+,5+,9-/m1/s1. The Morgan fingerprint density at radius 2 is 1.72 bits per heavy atom. The van der Waals surface area contributed by atoms with Crippen LogP contribution in [0, 0.1) is 0 Å². The Labute approximate surface area is 101 Å². The van der Waals surface area contributed by atoms with Crippen LogP contribution in [-0.2, 0) is 19.1 Å². The molecule has 18 heavy (non-hydrogen) atoms. The molecule has 0 saturated carbocycles. The van der Waals surface area contributed by atoms with Crippen LogP contribution in [0.2, 0.25) is 0 Å². The monoisotopic (exact) mass is 266 g/mol. The third-order valence-electron chi connectivity index (χ3n) is 2.39. The molecule has 0 spiro atoms. The zero-order chi connectivity index (χ0) is 14.3. The van der Waals surface area contributed by atoms with E-state index in [0.29, 0.717) is 0 Å². The van der Waals surface area contributed by atoms with Gasteiger partial charge in [0.05, 0.1) is 0 Å². The number of carbonyl (C=O) groups is 2. The van der Waals surface area contributed by atoms with Crippen LogP contribution in [0.15, 0.2) is 0 Å². The second kappa shape index (κ2) is 4.44. The van der Waals surface area contributed by atoms with Gasteiger partial charge >= 0.3 is 11.9 Å². The minimum Gasteiger partial charge on any atom is -0.479 e. The van der Waals surface area contributed by atoms with Gasteiger partial charge in [-0.15, -0.1) is 0 Å². The predicted molar refractivity (Wildman–Crippen MR) is 52.3 cm³/mol. The van der Waals surface area contributed by atoms with E-state index in [9.17, 15) is 19.8 Å². The normalized spacial score (nSPS) is 33.9. The molecule has 0 amide bonds. The first-order valence-electron chi connectivity index (χ1n) is 4.94. The van der Waals surface area contributed by atoms with E-state index in [1.54, 1.807) is 0 Å². The van der Waals surface area contributed by atoms with Crippen molar-refractivity contribution in [1.29, 1.82) is 0 Å². The molecule has 1 heterocycles. The summed E-state index contributed by atoms with van der Waals surface area (Å²) >= 11 is 0. The Bertz CT molecular complexity index is 365. The van der Waals surface area contributed by atoms with Gasteiger partial charge in [0, 0.05) is 0 Å². The molecular weight excluding hydrogens is 252 g/mol. The summed E-state index contributed by atoms with van der Waals surface area (Å²) in [5.41, 5.74) is 0. The number of aliphatic carboxylic acids is 2. The van der Waals surface area contributed by atoms with Crippen molar-refractivity contribution in [2.45, 2.75) is 43.7 Å². The molecule has 0 aromatic heterocycles. The van der Waals surface area contributed by atoms with Gasteiger partial charge < -0.3 is 35.0 Å². The Balaban J connectivity index is 3.05. The minimum atomic E-state index is -2.95. The lowest BCUT2D eigenvalue weighted by molar-refractivity contribution is -0.242. The van der Waals surface area contributed by atoms with E-state index < -0.39 is 41.8 Å². The van der Waals surface area contributed by atoms with E-state index in [0.717, 1.165) is 0 Å². The molecule has 1 fully saturated rings. The highest BCUT2D eigenvalue weighted by molar-refractivity contribution is 5.78. The molecular formula is C9H14O9. The first-order chi connectivity index (χ1) is 8.01. The molecule has 104 valence electrons. The Morgan fingerprint density at radius 1 is 1.22 bits per heavy atom. The van der Waals surface area contributed by atoms with Crippen LogP contribution in [-0.4, -0.2) is 67.4 Å². The number of carboxylic acids is 2. The maximum Gasteiger partial charge on any atom is 0.367 e. The van der Waals surface area contributed by atoms with Crippen LogP contribution >= 0.6 is 0 Å². The summed E-state index contributed by atoms with van der Waals surface area (Å²) in [5, 5.41) is 45.8. The number of carboxylic acid groups (broad SMARTS) is 2. The summed E-state index contributed by atoms with van der Waals surface area (Å²) in [5.74, 6) is -8.16. The van der Waals surface area contributed by atoms with E-state index in [-0.39, 0.29) is 0 Å². The third kappa shape index (κ3) is 2.44. The Kier molecular flexibility index (Phi) is 3.65. The summed E-state index contributed by atoms with van der Waals surface area (Å²) in [6.45, 7) is 2.53. The van der Waals surface area contributed by atoms with E-state index >= 15 is 0 Å². The fourth-order valence-corrected chi connectivity index (χ4v) is 1.62. The number of hydrogen-bond acceptors (Lipinski definition) is 7. The van der Waals surface area contributed by atoms with Crippen molar-refractivity contribution in [1.82, 2.24) is 0 Å². The van der Waals surface area contributed by atoms with Gasteiger partial charge in [-0.05, 0) is 13.8 Å². The molecule has 1 aliphatic rings. The molecule has 9 heteroatoms. The first-order valence-corrected chi connectivity index (χ1v) is 4.94. The number of aliphatic hydroxyl groups is 3. The average molecular weight is 266 g/mol. The topological polar surface area (TPSA) is 154 Å². The van der Waals surface area contributed by atoms with Gasteiger partial charge in [0.2, 0.25) is 0 Å². The molecule has 4 atom stereocenters. The molecule has 0 aromatic rings. The molecule has 1 saturated heterocycles. The van der Waals surface area contributed by atoms with Crippen LogP contribution < -0.4 is 0 Å². The van der Waals surface area contributed by atoms with E-state index in [1.165, 1.54) is 13.8 Å². The summed E-state index contributed by atoms with van der Waals surface area (Å²) in [7, 11) is 0. The van der Waals surface area contributed by atoms with Crippen molar-refractivity contribution in [2.24, 2.45) is 0 Å². The zero-order valence-corrected chi connectivity index (χ0v) is 9.60. The molecule has 1 aliphatic heterocycles. The lowest BCUT2D eigenvalue weighted by atomic mass is 10.0. The molecule has 0 radical (unpaired) electrons. The Morgan fingerprint density at radius 3 is 2.11 bits per heavy atom. The Hall–Kier alpha value is -1.26. The van der Waals surface area contributed by atoms with Crippen molar-refractivity contribution < 1.29 is 44.6 Å². The summed E-state index contributed by atoms with van der Waals surface area (Å²) in [6, 6.07) is 0. The maximum atomic E-state index is 10.9. The third-order valence-corrected chi connectivity index (χ3v) is 2.39. The fourth-order valence-electron chi connectivity index (χ4n) is 1.62. The van der Waals surface area contributed by atoms with Gasteiger partial charge in [0.25, 0.3) is 5.79 Å². The molecule has 5 N–H and O–H groups in total. The first kappa shape index (κ1) is 14.8. The van der Waals surface area contributed by atoms with Crippen LogP contribution in [0.3, 0.4) is 0 Å². The summed E-state index contributed by atoms with van der Waals surface area (Å²) in [4.78, 5) is 21.4. The van der Waals surface area contributed by atoms with Crippen LogP contribution in [0.25, 0.3) is 0 Å². The lowest BCUT2D eigenvalue weighted by Gasteiger charge is -2.27. The van der Waals surface area contributed by atoms with Crippen molar-refractivity contribution in [3.05, 3.63) is 0 Å². The number of rotatable bonds is 4. The van der Waals surface area contributed by atoms with Crippen molar-refractivity contribution in [2.75, 3.05) is 0 Å². The van der Waals surface area contributed by atoms with Gasteiger partial charge in [0.15, 0.2) is 18.0 Å². The predicted octanol–water partition coefficient (Wildman–Crippen LogP) is -2.28. The second-order valence-electron chi connectivity index (χ2n) is 4.32. The fraction of sp³-hybridized carbons (Fsp3) is 0.778. The van der Waals surface area contributed by atoms with Crippen LogP contribution in [0.4, 0.5) is 0 Å². The van der Waals surface area contributed by atoms with E-state index in [1.807, 2.05) is 0 Å². The number of hydrogen-bond donors (Lipinski definition) is 5. The molecule has 0 unspecified atom stereocenters. The summed E-state index contributed by atoms with van der Waals surface area (Å²) < 4.78 is 9.66. The summed E-state index contributed by atoms with van der Waals surface area (Å²) in [6.07, 6.45) is -6.44. The van der Waals surface area contributed by atoms with Gasteiger partial charge in [-0.2, -0.15) is 0 Å². The largest absolute Gasteiger partial charge is 0.479 e. The molecule has 1 rings (SSSR count). The molecule has 0 bridgehead atoms. The highest BCUT2D eigenvalue weighted by Crippen LogP contribution is 2.37. The molecule has 9 nitrogen and oxygen atoms in total. The minimum absolute atomic E-state index is 1.26. The van der Waals surface area contributed by atoms with Crippen molar-refractivity contribution >= 4 is 11.9 Å². The van der Waals surface area contributed by atoms with Gasteiger partial charge in [-0.1, -0.05) is 0 Å². The highest BCUT2D eigenvalue weighted by Gasteiger charge is 2.62. The van der Waals surface area contributed by atoms with Crippen molar-refractivity contribution in [3.8, 4) is 0 Å². The van der Waals surface area contributed by atoms with Gasteiger partial charge in [-0.3, -0.25) is 0 Å².